The van der Waals surface area contributed by atoms with E-state index in [1.54, 1.807) is 20.4 Å². The van der Waals surface area contributed by atoms with Crippen LogP contribution < -0.4 is 15.4 Å². The lowest BCUT2D eigenvalue weighted by Gasteiger charge is -2.13. The highest BCUT2D eigenvalue weighted by Crippen LogP contribution is 2.17. The Bertz CT molecular complexity index is 689. The molecule has 1 aromatic heterocycles. The molecule has 0 spiro atoms. The second-order valence-electron chi connectivity index (χ2n) is 5.54. The van der Waals surface area contributed by atoms with Crippen LogP contribution in [-0.4, -0.2) is 38.3 Å². The molecule has 0 aliphatic rings. The fourth-order valence-electron chi connectivity index (χ4n) is 2.24. The highest BCUT2D eigenvalue weighted by Gasteiger charge is 2.03. The minimum absolute atomic E-state index is 0.611. The first kappa shape index (κ1) is 18.7. The van der Waals surface area contributed by atoms with Gasteiger partial charge in [0.05, 0.1) is 18.8 Å². The molecule has 0 saturated carbocycles. The van der Waals surface area contributed by atoms with Crippen molar-refractivity contribution in [2.24, 2.45) is 4.99 Å². The highest BCUT2D eigenvalue weighted by molar-refractivity contribution is 5.93. The molecule has 0 aliphatic carbocycles. The third-order valence-electron chi connectivity index (χ3n) is 3.62. The first-order valence-corrected chi connectivity index (χ1v) is 8.33. The first-order chi connectivity index (χ1) is 12.2. The zero-order chi connectivity index (χ0) is 17.9. The molecule has 6 nitrogen and oxygen atoms in total. The van der Waals surface area contributed by atoms with E-state index in [1.165, 1.54) is 0 Å². The number of aliphatic imine (C=N–C) groups is 1. The summed E-state index contributed by atoms with van der Waals surface area (Å²) in [6, 6.07) is 11.8. The summed E-state index contributed by atoms with van der Waals surface area (Å²) in [5, 5.41) is 6.54. The number of nitrogens with one attached hydrogen (secondary N) is 2. The van der Waals surface area contributed by atoms with E-state index in [0.717, 1.165) is 29.1 Å². The zero-order valence-electron chi connectivity index (χ0n) is 15.1. The summed E-state index contributed by atoms with van der Waals surface area (Å²) in [4.78, 5) is 8.63. The van der Waals surface area contributed by atoms with Gasteiger partial charge in [0.1, 0.15) is 5.75 Å². The van der Waals surface area contributed by atoms with Crippen LogP contribution in [0.4, 0.5) is 5.69 Å². The van der Waals surface area contributed by atoms with E-state index < -0.39 is 0 Å². The minimum atomic E-state index is 0.611. The van der Waals surface area contributed by atoms with E-state index in [0.29, 0.717) is 25.7 Å². The van der Waals surface area contributed by atoms with Gasteiger partial charge in [-0.15, -0.1) is 0 Å². The lowest BCUT2D eigenvalue weighted by molar-refractivity contribution is 0.172. The normalized spacial score (nSPS) is 11.2. The van der Waals surface area contributed by atoms with Crippen molar-refractivity contribution in [3.63, 3.8) is 0 Å². The number of nitrogens with zero attached hydrogens (tertiary/aromatic N) is 2. The number of hydrogen-bond donors (Lipinski definition) is 2. The van der Waals surface area contributed by atoms with Crippen LogP contribution in [0.15, 0.2) is 47.6 Å². The van der Waals surface area contributed by atoms with Crippen molar-refractivity contribution in [3.8, 4) is 5.75 Å². The summed E-state index contributed by atoms with van der Waals surface area (Å²) in [6.07, 6.45) is 2.66. The third-order valence-corrected chi connectivity index (χ3v) is 3.62. The second kappa shape index (κ2) is 10.3. The van der Waals surface area contributed by atoms with E-state index in [9.17, 15) is 0 Å². The molecule has 0 saturated heterocycles. The Morgan fingerprint density at radius 3 is 2.84 bits per heavy atom. The van der Waals surface area contributed by atoms with Gasteiger partial charge in [-0.1, -0.05) is 12.1 Å². The fraction of sp³-hybridized carbons (Fsp3) is 0.368. The van der Waals surface area contributed by atoms with Crippen molar-refractivity contribution in [1.82, 2.24) is 10.3 Å². The van der Waals surface area contributed by atoms with E-state index in [-0.39, 0.29) is 0 Å². The van der Waals surface area contributed by atoms with E-state index in [4.69, 9.17) is 9.47 Å². The molecule has 25 heavy (non-hydrogen) atoms. The second-order valence-corrected chi connectivity index (χ2v) is 5.54. The summed E-state index contributed by atoms with van der Waals surface area (Å²) in [5.74, 6) is 1.50. The summed E-state index contributed by atoms with van der Waals surface area (Å²) >= 11 is 0. The van der Waals surface area contributed by atoms with Crippen molar-refractivity contribution in [3.05, 3.63) is 53.9 Å². The van der Waals surface area contributed by atoms with Gasteiger partial charge in [-0.25, -0.2) is 0 Å². The number of aryl methyl sites for hydroxylation is 1. The predicted octanol–water partition coefficient (Wildman–Crippen LogP) is 2.99. The number of benzene rings is 1. The smallest absolute Gasteiger partial charge is 0.195 e. The Hall–Kier alpha value is -2.60. The largest absolute Gasteiger partial charge is 0.493 e. The summed E-state index contributed by atoms with van der Waals surface area (Å²) in [6.45, 7) is 3.98. The maximum Gasteiger partial charge on any atom is 0.195 e. The lowest BCUT2D eigenvalue weighted by atomic mass is 10.2. The molecule has 1 heterocycles. The lowest BCUT2D eigenvalue weighted by Crippen LogP contribution is -2.30. The van der Waals surface area contributed by atoms with E-state index in [2.05, 4.69) is 20.6 Å². The number of aromatic nitrogens is 1. The average molecular weight is 342 g/mol. The van der Waals surface area contributed by atoms with Gasteiger partial charge < -0.3 is 20.1 Å². The number of rotatable bonds is 8. The number of guanidine groups is 1. The van der Waals surface area contributed by atoms with E-state index >= 15 is 0 Å². The molecule has 2 aromatic rings. The molecule has 2 N–H and O–H groups in total. The molecule has 134 valence electrons. The molecule has 1 aromatic carbocycles. The van der Waals surface area contributed by atoms with Crippen LogP contribution in [0.5, 0.6) is 5.75 Å². The molecule has 0 unspecified atom stereocenters. The Labute approximate surface area is 149 Å². The predicted molar refractivity (Wildman–Crippen MR) is 101 cm³/mol. The quantitative estimate of drug-likeness (QED) is 0.438. The number of hydrogen-bond acceptors (Lipinski definition) is 4. The summed E-state index contributed by atoms with van der Waals surface area (Å²) in [5.41, 5.74) is 3.06. The van der Waals surface area contributed by atoms with Gasteiger partial charge in [0.15, 0.2) is 5.96 Å². The van der Waals surface area contributed by atoms with Gasteiger partial charge in [-0.2, -0.15) is 0 Å². The Morgan fingerprint density at radius 1 is 1.20 bits per heavy atom. The van der Waals surface area contributed by atoms with Crippen LogP contribution in [0.1, 0.15) is 17.7 Å². The van der Waals surface area contributed by atoms with Gasteiger partial charge in [0, 0.05) is 45.1 Å². The summed E-state index contributed by atoms with van der Waals surface area (Å²) in [7, 11) is 3.43. The van der Waals surface area contributed by atoms with Crippen LogP contribution in [0.2, 0.25) is 0 Å². The molecule has 0 bridgehead atoms. The maximum atomic E-state index is 5.72. The van der Waals surface area contributed by atoms with Crippen molar-refractivity contribution in [2.75, 3.05) is 32.7 Å². The maximum absolute atomic E-state index is 5.72. The molecule has 0 aliphatic heterocycles. The number of pyridine rings is 1. The standard InChI is InChI=1S/C19H26N4O2/c1-15-7-5-10-21-18(15)14-22-19(20-2)23-16-8-4-9-17(13-16)25-12-6-11-24-3/h4-5,7-10,13H,6,11-12,14H2,1-3H3,(H2,20,22,23). The molecular formula is C19H26N4O2. The number of anilines is 1. The monoisotopic (exact) mass is 342 g/mol. The van der Waals surface area contributed by atoms with Crippen LogP contribution >= 0.6 is 0 Å². The van der Waals surface area contributed by atoms with Gasteiger partial charge in [0.2, 0.25) is 0 Å². The van der Waals surface area contributed by atoms with Gasteiger partial charge in [-0.05, 0) is 30.7 Å². The van der Waals surface area contributed by atoms with Crippen LogP contribution in [0.25, 0.3) is 0 Å². The first-order valence-electron chi connectivity index (χ1n) is 8.33. The van der Waals surface area contributed by atoms with Gasteiger partial charge >= 0.3 is 0 Å². The molecule has 6 heteroatoms. The molecule has 0 amide bonds. The topological polar surface area (TPSA) is 67.8 Å². The molecule has 2 rings (SSSR count). The molecule has 0 fully saturated rings. The summed E-state index contributed by atoms with van der Waals surface area (Å²) < 4.78 is 10.7. The van der Waals surface area contributed by atoms with Crippen LogP contribution in [0.3, 0.4) is 0 Å². The highest BCUT2D eigenvalue weighted by atomic mass is 16.5. The van der Waals surface area contributed by atoms with Crippen molar-refractivity contribution < 1.29 is 9.47 Å². The zero-order valence-corrected chi connectivity index (χ0v) is 15.1. The molecular weight excluding hydrogens is 316 g/mol. The average Bonchev–Trinajstić information content (AvgIpc) is 2.64. The van der Waals surface area contributed by atoms with Crippen molar-refractivity contribution in [2.45, 2.75) is 19.9 Å². The van der Waals surface area contributed by atoms with Gasteiger partial charge in [0.25, 0.3) is 0 Å². The number of methoxy groups -OCH3 is 1. The van der Waals surface area contributed by atoms with E-state index in [1.807, 2.05) is 43.3 Å². The fourth-order valence-corrected chi connectivity index (χ4v) is 2.24. The van der Waals surface area contributed by atoms with Crippen LogP contribution in [0, 0.1) is 6.92 Å². The third kappa shape index (κ3) is 6.43. The van der Waals surface area contributed by atoms with Gasteiger partial charge in [-0.3, -0.25) is 9.98 Å². The Balaban J connectivity index is 1.89. The van der Waals surface area contributed by atoms with Crippen LogP contribution in [-0.2, 0) is 11.3 Å². The van der Waals surface area contributed by atoms with Crippen molar-refractivity contribution in [1.29, 1.82) is 0 Å². The number of ether oxygens (including phenoxy) is 2. The molecule has 0 atom stereocenters. The Kier molecular flexibility index (Phi) is 7.72. The minimum Gasteiger partial charge on any atom is -0.493 e. The SMILES string of the molecule is CN=C(NCc1ncccc1C)Nc1cccc(OCCCOC)c1. The van der Waals surface area contributed by atoms with Crippen molar-refractivity contribution >= 4 is 11.6 Å². The molecule has 0 radical (unpaired) electrons. The Morgan fingerprint density at radius 2 is 2.08 bits per heavy atom.